The Kier molecular flexibility index (Phi) is 7.99. The summed E-state index contributed by atoms with van der Waals surface area (Å²) in [6, 6.07) is 19.8. The standard InChI is InChI=1S/C25H19ClN4O4S2/c1-15(23(31)29-25-28-22(14-35-25)16-5-7-18(26)8-6-16)36-21-11-9-19(10-12-21)27-24(32)17-3-2-4-20(13-17)30(33)34/h2-15H,1H3,(H,27,32)(H,28,29,31). The van der Waals surface area contributed by atoms with Crippen molar-refractivity contribution in [1.82, 2.24) is 4.98 Å². The Hall–Kier alpha value is -3.73. The zero-order chi connectivity index (χ0) is 25.7. The molecule has 1 heterocycles. The molecule has 0 aliphatic carbocycles. The van der Waals surface area contributed by atoms with Crippen LogP contribution in [0.5, 0.6) is 0 Å². The van der Waals surface area contributed by atoms with Crippen molar-refractivity contribution in [3.63, 3.8) is 0 Å². The van der Waals surface area contributed by atoms with Gasteiger partial charge >= 0.3 is 0 Å². The third-order valence-electron chi connectivity index (χ3n) is 4.99. The summed E-state index contributed by atoms with van der Waals surface area (Å²) in [6.45, 7) is 1.80. The fourth-order valence-electron chi connectivity index (χ4n) is 3.13. The third kappa shape index (κ3) is 6.48. The first-order valence-electron chi connectivity index (χ1n) is 10.6. The first-order chi connectivity index (χ1) is 17.3. The van der Waals surface area contributed by atoms with Crippen LogP contribution in [-0.4, -0.2) is 27.0 Å². The quantitative estimate of drug-likeness (QED) is 0.146. The molecule has 4 rings (SSSR count). The van der Waals surface area contributed by atoms with E-state index >= 15 is 0 Å². The number of carbonyl (C=O) groups excluding carboxylic acids is 2. The van der Waals surface area contributed by atoms with Gasteiger partial charge in [-0.3, -0.25) is 19.7 Å². The van der Waals surface area contributed by atoms with Crippen molar-refractivity contribution in [1.29, 1.82) is 0 Å². The van der Waals surface area contributed by atoms with E-state index in [-0.39, 0.29) is 17.2 Å². The molecule has 0 bridgehead atoms. The van der Waals surface area contributed by atoms with Gasteiger partial charge in [-0.1, -0.05) is 29.8 Å². The van der Waals surface area contributed by atoms with Crippen LogP contribution in [0.15, 0.2) is 83.1 Å². The van der Waals surface area contributed by atoms with E-state index in [0.29, 0.717) is 15.8 Å². The number of amides is 2. The Labute approximate surface area is 219 Å². The van der Waals surface area contributed by atoms with Gasteiger partial charge < -0.3 is 10.6 Å². The summed E-state index contributed by atoms with van der Waals surface area (Å²) in [6.07, 6.45) is 0. The highest BCUT2D eigenvalue weighted by molar-refractivity contribution is 8.00. The second-order valence-corrected chi connectivity index (χ2v) is 10.3. The van der Waals surface area contributed by atoms with E-state index in [1.165, 1.54) is 47.4 Å². The SMILES string of the molecule is CC(Sc1ccc(NC(=O)c2cccc([N+](=O)[O-])c2)cc1)C(=O)Nc1nc(-c2ccc(Cl)cc2)cs1. The molecule has 0 fully saturated rings. The van der Waals surface area contributed by atoms with Crippen LogP contribution in [0.2, 0.25) is 5.02 Å². The van der Waals surface area contributed by atoms with Gasteiger partial charge in [0, 0.05) is 44.2 Å². The molecule has 8 nitrogen and oxygen atoms in total. The first-order valence-corrected chi connectivity index (χ1v) is 12.8. The van der Waals surface area contributed by atoms with Gasteiger partial charge in [0.25, 0.3) is 11.6 Å². The van der Waals surface area contributed by atoms with Crippen molar-refractivity contribution < 1.29 is 14.5 Å². The smallest absolute Gasteiger partial charge is 0.270 e. The minimum absolute atomic E-state index is 0.152. The second kappa shape index (κ2) is 11.3. The van der Waals surface area contributed by atoms with Gasteiger partial charge in [-0.15, -0.1) is 23.1 Å². The van der Waals surface area contributed by atoms with E-state index in [2.05, 4.69) is 15.6 Å². The number of hydrogen-bond acceptors (Lipinski definition) is 7. The summed E-state index contributed by atoms with van der Waals surface area (Å²) < 4.78 is 0. The zero-order valence-corrected chi connectivity index (χ0v) is 21.2. The average molecular weight is 539 g/mol. The van der Waals surface area contributed by atoms with Gasteiger partial charge in [0.2, 0.25) is 5.91 Å². The van der Waals surface area contributed by atoms with Crippen molar-refractivity contribution in [3.05, 3.63) is 98.9 Å². The number of aromatic nitrogens is 1. The van der Waals surface area contributed by atoms with Crippen LogP contribution in [0.25, 0.3) is 11.3 Å². The Bertz CT molecular complexity index is 1410. The predicted octanol–water partition coefficient (Wildman–Crippen LogP) is 6.74. The molecule has 0 spiro atoms. The Morgan fingerprint density at radius 3 is 2.47 bits per heavy atom. The summed E-state index contributed by atoms with van der Waals surface area (Å²) in [7, 11) is 0. The number of thioether (sulfide) groups is 1. The largest absolute Gasteiger partial charge is 0.322 e. The van der Waals surface area contributed by atoms with E-state index in [1.54, 1.807) is 43.3 Å². The molecule has 3 aromatic carbocycles. The van der Waals surface area contributed by atoms with Crippen molar-refractivity contribution in [2.75, 3.05) is 10.6 Å². The summed E-state index contributed by atoms with van der Waals surface area (Å²) in [5.41, 5.74) is 2.24. The number of thiazole rings is 1. The second-order valence-electron chi connectivity index (χ2n) is 7.58. The number of anilines is 2. The van der Waals surface area contributed by atoms with Crippen LogP contribution < -0.4 is 10.6 Å². The number of nitro benzene ring substituents is 1. The lowest BCUT2D eigenvalue weighted by Gasteiger charge is -2.11. The number of rotatable bonds is 8. The minimum Gasteiger partial charge on any atom is -0.322 e. The van der Waals surface area contributed by atoms with E-state index in [1.807, 2.05) is 17.5 Å². The number of nitrogens with zero attached hydrogens (tertiary/aromatic N) is 2. The van der Waals surface area contributed by atoms with Crippen LogP contribution in [-0.2, 0) is 4.79 Å². The maximum atomic E-state index is 12.7. The molecule has 1 aromatic heterocycles. The summed E-state index contributed by atoms with van der Waals surface area (Å²) in [5, 5.41) is 19.1. The Balaban J connectivity index is 1.32. The molecule has 4 aromatic rings. The molecule has 2 N–H and O–H groups in total. The molecule has 0 radical (unpaired) electrons. The lowest BCUT2D eigenvalue weighted by molar-refractivity contribution is -0.384. The van der Waals surface area contributed by atoms with E-state index < -0.39 is 16.1 Å². The molecule has 1 unspecified atom stereocenters. The molecular formula is C25H19ClN4O4S2. The lowest BCUT2D eigenvalue weighted by Crippen LogP contribution is -2.22. The van der Waals surface area contributed by atoms with E-state index in [9.17, 15) is 19.7 Å². The molecule has 36 heavy (non-hydrogen) atoms. The molecule has 0 aliphatic heterocycles. The van der Waals surface area contributed by atoms with Gasteiger partial charge in [0.05, 0.1) is 15.9 Å². The van der Waals surface area contributed by atoms with Crippen molar-refractivity contribution >= 4 is 63.0 Å². The molecule has 0 aliphatic rings. The molecule has 0 saturated heterocycles. The highest BCUT2D eigenvalue weighted by Crippen LogP contribution is 2.29. The van der Waals surface area contributed by atoms with E-state index in [0.717, 1.165) is 16.2 Å². The third-order valence-corrected chi connectivity index (χ3v) is 7.11. The Morgan fingerprint density at radius 2 is 1.78 bits per heavy atom. The van der Waals surface area contributed by atoms with Gasteiger partial charge in [-0.2, -0.15) is 0 Å². The molecule has 0 saturated carbocycles. The molecule has 11 heteroatoms. The number of nitro groups is 1. The van der Waals surface area contributed by atoms with Crippen LogP contribution in [0.3, 0.4) is 0 Å². The maximum absolute atomic E-state index is 12.7. The first kappa shape index (κ1) is 25.4. The molecule has 1 atom stereocenters. The number of benzene rings is 3. The summed E-state index contributed by atoms with van der Waals surface area (Å²) in [4.78, 5) is 40.8. The van der Waals surface area contributed by atoms with Crippen molar-refractivity contribution in [3.8, 4) is 11.3 Å². The summed E-state index contributed by atoms with van der Waals surface area (Å²) in [5.74, 6) is -0.631. The fourth-order valence-corrected chi connectivity index (χ4v) is 4.85. The summed E-state index contributed by atoms with van der Waals surface area (Å²) >= 11 is 8.64. The highest BCUT2D eigenvalue weighted by Gasteiger charge is 2.17. The molecule has 182 valence electrons. The van der Waals surface area contributed by atoms with Crippen LogP contribution >= 0.6 is 34.7 Å². The number of nitrogens with one attached hydrogen (secondary N) is 2. The van der Waals surface area contributed by atoms with Crippen LogP contribution in [0.4, 0.5) is 16.5 Å². The normalized spacial score (nSPS) is 11.5. The number of hydrogen-bond donors (Lipinski definition) is 2. The lowest BCUT2D eigenvalue weighted by atomic mass is 10.2. The van der Waals surface area contributed by atoms with Crippen molar-refractivity contribution in [2.24, 2.45) is 0 Å². The number of halogens is 1. The number of carbonyl (C=O) groups is 2. The monoisotopic (exact) mass is 538 g/mol. The topological polar surface area (TPSA) is 114 Å². The van der Waals surface area contributed by atoms with Crippen LogP contribution in [0, 0.1) is 10.1 Å². The fraction of sp³-hybridized carbons (Fsp3) is 0.0800. The molecule has 2 amide bonds. The van der Waals surface area contributed by atoms with Gasteiger partial charge in [-0.25, -0.2) is 4.98 Å². The van der Waals surface area contributed by atoms with E-state index in [4.69, 9.17) is 11.6 Å². The zero-order valence-electron chi connectivity index (χ0n) is 18.8. The Morgan fingerprint density at radius 1 is 1.06 bits per heavy atom. The highest BCUT2D eigenvalue weighted by atomic mass is 35.5. The van der Waals surface area contributed by atoms with Crippen molar-refractivity contribution in [2.45, 2.75) is 17.1 Å². The predicted molar refractivity (Wildman–Crippen MR) is 144 cm³/mol. The minimum atomic E-state index is -0.548. The van der Waals surface area contributed by atoms with Crippen LogP contribution in [0.1, 0.15) is 17.3 Å². The number of non-ortho nitro benzene ring substituents is 1. The molecular weight excluding hydrogens is 520 g/mol. The van der Waals surface area contributed by atoms with Gasteiger partial charge in [0.1, 0.15) is 0 Å². The van der Waals surface area contributed by atoms with Gasteiger partial charge in [0.15, 0.2) is 5.13 Å². The average Bonchev–Trinajstić information content (AvgIpc) is 3.34. The maximum Gasteiger partial charge on any atom is 0.270 e. The van der Waals surface area contributed by atoms with Gasteiger partial charge in [-0.05, 0) is 49.4 Å².